The van der Waals surface area contributed by atoms with Gasteiger partial charge in [-0.2, -0.15) is 4.98 Å². The minimum absolute atomic E-state index is 0. The van der Waals surface area contributed by atoms with E-state index in [2.05, 4.69) is 30.1 Å². The van der Waals surface area contributed by atoms with Crippen LogP contribution in [0.1, 0.15) is 69.1 Å². The molecule has 1 heterocycles. The third-order valence-corrected chi connectivity index (χ3v) is 4.82. The molecule has 1 aromatic carbocycles. The van der Waals surface area contributed by atoms with E-state index in [-0.39, 0.29) is 19.0 Å². The second-order valence-electron chi connectivity index (χ2n) is 6.51. The Hall–Kier alpha value is -1.59. The molecule has 1 aromatic heterocycles. The third kappa shape index (κ3) is 3.90. The van der Waals surface area contributed by atoms with Gasteiger partial charge in [0.05, 0.1) is 5.54 Å². The Kier molecular flexibility index (Phi) is 6.24. The van der Waals surface area contributed by atoms with E-state index in [1.165, 1.54) is 5.56 Å². The standard InChI is InChI=1S/C18H25N3O2.ClH/c1-3-13(2)14-8-4-5-9-15(14)22-12-16-20-17(21-23-16)18(19)10-6-7-11-18;/h4-5,8-9,13H,3,6-7,10-12,19H2,1-2H3;1H. The van der Waals surface area contributed by atoms with Gasteiger partial charge in [0.15, 0.2) is 12.4 Å². The Morgan fingerprint density at radius 2 is 2.00 bits per heavy atom. The number of hydrogen-bond acceptors (Lipinski definition) is 5. The first-order valence-corrected chi connectivity index (χ1v) is 8.46. The van der Waals surface area contributed by atoms with Gasteiger partial charge in [-0.1, -0.05) is 50.0 Å². The van der Waals surface area contributed by atoms with E-state index in [9.17, 15) is 0 Å². The number of benzene rings is 1. The number of nitrogens with zero attached hydrogens (tertiary/aromatic N) is 2. The zero-order chi connectivity index (χ0) is 16.3. The lowest BCUT2D eigenvalue weighted by atomic mass is 9.98. The first-order valence-electron chi connectivity index (χ1n) is 8.46. The summed E-state index contributed by atoms with van der Waals surface area (Å²) in [5, 5.41) is 4.06. The normalized spacial score (nSPS) is 17.3. The molecule has 2 N–H and O–H groups in total. The second-order valence-corrected chi connectivity index (χ2v) is 6.51. The Labute approximate surface area is 149 Å². The molecule has 24 heavy (non-hydrogen) atoms. The van der Waals surface area contributed by atoms with Crippen LogP contribution >= 0.6 is 12.4 Å². The van der Waals surface area contributed by atoms with Gasteiger partial charge in [0, 0.05) is 0 Å². The molecule has 5 nitrogen and oxygen atoms in total. The first-order chi connectivity index (χ1) is 11.1. The van der Waals surface area contributed by atoms with Gasteiger partial charge in [-0.3, -0.25) is 0 Å². The predicted molar refractivity (Wildman–Crippen MR) is 95.4 cm³/mol. The van der Waals surface area contributed by atoms with Crippen molar-refractivity contribution in [2.75, 3.05) is 0 Å². The number of nitrogens with two attached hydrogens (primary N) is 1. The summed E-state index contributed by atoms with van der Waals surface area (Å²) in [5.41, 5.74) is 7.15. The van der Waals surface area contributed by atoms with Gasteiger partial charge in [0.1, 0.15) is 5.75 Å². The summed E-state index contributed by atoms with van der Waals surface area (Å²) in [7, 11) is 0. The van der Waals surface area contributed by atoms with Crippen LogP contribution in [0.3, 0.4) is 0 Å². The molecule has 1 unspecified atom stereocenters. The van der Waals surface area contributed by atoms with Crippen molar-refractivity contribution in [1.82, 2.24) is 10.1 Å². The largest absolute Gasteiger partial charge is 0.483 e. The zero-order valence-electron chi connectivity index (χ0n) is 14.3. The molecule has 0 radical (unpaired) electrons. The summed E-state index contributed by atoms with van der Waals surface area (Å²) in [6.07, 6.45) is 5.16. The van der Waals surface area contributed by atoms with Crippen LogP contribution in [0.4, 0.5) is 0 Å². The highest BCUT2D eigenvalue weighted by atomic mass is 35.5. The minimum atomic E-state index is -0.420. The molecule has 132 valence electrons. The van der Waals surface area contributed by atoms with Crippen LogP contribution in [0.25, 0.3) is 0 Å². The van der Waals surface area contributed by atoms with E-state index in [4.69, 9.17) is 15.0 Å². The van der Waals surface area contributed by atoms with Crippen LogP contribution in [0, 0.1) is 0 Å². The van der Waals surface area contributed by atoms with Crippen LogP contribution in [-0.2, 0) is 12.1 Å². The monoisotopic (exact) mass is 351 g/mol. The molecule has 0 spiro atoms. The van der Waals surface area contributed by atoms with Crippen molar-refractivity contribution >= 4 is 12.4 Å². The van der Waals surface area contributed by atoms with Crippen LogP contribution < -0.4 is 10.5 Å². The van der Waals surface area contributed by atoms with E-state index < -0.39 is 5.54 Å². The summed E-state index contributed by atoms with van der Waals surface area (Å²) in [5.74, 6) is 2.43. The number of rotatable bonds is 6. The van der Waals surface area contributed by atoms with Crippen molar-refractivity contribution in [3.8, 4) is 5.75 Å². The summed E-state index contributed by atoms with van der Waals surface area (Å²) >= 11 is 0. The van der Waals surface area contributed by atoms with Crippen LogP contribution in [-0.4, -0.2) is 10.1 Å². The van der Waals surface area contributed by atoms with E-state index in [1.807, 2.05) is 18.2 Å². The quantitative estimate of drug-likeness (QED) is 0.839. The van der Waals surface area contributed by atoms with Crippen molar-refractivity contribution in [3.63, 3.8) is 0 Å². The molecule has 0 amide bonds. The highest BCUT2D eigenvalue weighted by molar-refractivity contribution is 5.85. The molecule has 1 saturated carbocycles. The van der Waals surface area contributed by atoms with E-state index in [0.717, 1.165) is 37.9 Å². The molecule has 0 bridgehead atoms. The van der Waals surface area contributed by atoms with Crippen molar-refractivity contribution in [1.29, 1.82) is 0 Å². The van der Waals surface area contributed by atoms with E-state index in [1.54, 1.807) is 0 Å². The summed E-state index contributed by atoms with van der Waals surface area (Å²) in [4.78, 5) is 4.45. The molecule has 1 atom stereocenters. The van der Waals surface area contributed by atoms with Gasteiger partial charge in [0.2, 0.25) is 0 Å². The number of ether oxygens (including phenoxy) is 1. The van der Waals surface area contributed by atoms with Crippen molar-refractivity contribution < 1.29 is 9.26 Å². The average molecular weight is 352 g/mol. The Morgan fingerprint density at radius 1 is 1.29 bits per heavy atom. The average Bonchev–Trinajstić information content (AvgIpc) is 3.22. The first kappa shape index (κ1) is 18.7. The Morgan fingerprint density at radius 3 is 2.71 bits per heavy atom. The molecule has 3 rings (SSSR count). The van der Waals surface area contributed by atoms with Crippen LogP contribution in [0.15, 0.2) is 28.8 Å². The molecular formula is C18H26ClN3O2. The Balaban J connectivity index is 0.00000208. The number of halogens is 1. The van der Waals surface area contributed by atoms with Crippen LogP contribution in [0.2, 0.25) is 0 Å². The van der Waals surface area contributed by atoms with E-state index >= 15 is 0 Å². The lowest BCUT2D eigenvalue weighted by Crippen LogP contribution is -2.34. The SMILES string of the molecule is CCC(C)c1ccccc1OCc1nc(C2(N)CCCC2)no1.Cl. The fourth-order valence-electron chi connectivity index (χ4n) is 3.12. The highest BCUT2D eigenvalue weighted by Gasteiger charge is 2.36. The molecule has 2 aromatic rings. The van der Waals surface area contributed by atoms with Gasteiger partial charge in [-0.15, -0.1) is 12.4 Å². The molecule has 0 saturated heterocycles. The molecule has 1 aliphatic carbocycles. The second kappa shape index (κ2) is 7.99. The minimum Gasteiger partial charge on any atom is -0.483 e. The van der Waals surface area contributed by atoms with Gasteiger partial charge in [-0.25, -0.2) is 0 Å². The smallest absolute Gasteiger partial charge is 0.264 e. The summed E-state index contributed by atoms with van der Waals surface area (Å²) in [6.45, 7) is 4.65. The number of para-hydroxylation sites is 1. The maximum atomic E-state index is 6.36. The summed E-state index contributed by atoms with van der Waals surface area (Å²) in [6, 6.07) is 8.11. The topological polar surface area (TPSA) is 74.2 Å². The predicted octanol–water partition coefficient (Wildman–Crippen LogP) is 4.31. The maximum absolute atomic E-state index is 6.36. The van der Waals surface area contributed by atoms with E-state index in [0.29, 0.717) is 17.6 Å². The Bertz CT molecular complexity index is 653. The zero-order valence-corrected chi connectivity index (χ0v) is 15.1. The fourth-order valence-corrected chi connectivity index (χ4v) is 3.12. The molecule has 0 aliphatic heterocycles. The van der Waals surface area contributed by atoms with Crippen molar-refractivity contribution in [3.05, 3.63) is 41.5 Å². The van der Waals surface area contributed by atoms with Gasteiger partial charge >= 0.3 is 0 Å². The fraction of sp³-hybridized carbons (Fsp3) is 0.556. The van der Waals surface area contributed by atoms with Crippen LogP contribution in [0.5, 0.6) is 5.75 Å². The van der Waals surface area contributed by atoms with Crippen molar-refractivity contribution in [2.45, 2.75) is 64.0 Å². The van der Waals surface area contributed by atoms with Gasteiger partial charge < -0.3 is 15.0 Å². The maximum Gasteiger partial charge on any atom is 0.264 e. The van der Waals surface area contributed by atoms with Crippen molar-refractivity contribution in [2.24, 2.45) is 5.73 Å². The molecule has 1 fully saturated rings. The molecule has 6 heteroatoms. The molecular weight excluding hydrogens is 326 g/mol. The number of aromatic nitrogens is 2. The van der Waals surface area contributed by atoms with Gasteiger partial charge in [0.25, 0.3) is 5.89 Å². The summed E-state index contributed by atoms with van der Waals surface area (Å²) < 4.78 is 11.2. The highest BCUT2D eigenvalue weighted by Crippen LogP contribution is 2.34. The number of hydrogen-bond donors (Lipinski definition) is 1. The molecule has 1 aliphatic rings. The third-order valence-electron chi connectivity index (χ3n) is 4.82. The van der Waals surface area contributed by atoms with Gasteiger partial charge in [-0.05, 0) is 36.8 Å². The lowest BCUT2D eigenvalue weighted by Gasteiger charge is -2.17. The lowest BCUT2D eigenvalue weighted by molar-refractivity contribution is 0.239.